The molecule has 1 unspecified atom stereocenters. The number of benzene rings is 1. The van der Waals surface area contributed by atoms with E-state index in [-0.39, 0.29) is 55.8 Å². The van der Waals surface area contributed by atoms with E-state index in [4.69, 9.17) is 14.5 Å². The highest BCUT2D eigenvalue weighted by Gasteiger charge is 2.41. The number of nitrogens with zero attached hydrogens (tertiary/aromatic N) is 3. The maximum Gasteiger partial charge on any atom is 0.416 e. The fourth-order valence-corrected chi connectivity index (χ4v) is 7.04. The topological polar surface area (TPSA) is 164 Å². The van der Waals surface area contributed by atoms with Crippen LogP contribution in [0.5, 0.6) is 0 Å². The summed E-state index contributed by atoms with van der Waals surface area (Å²) in [5.41, 5.74) is 1.23. The molecule has 2 aliphatic rings. The van der Waals surface area contributed by atoms with Gasteiger partial charge in [-0.2, -0.15) is 4.31 Å². The normalized spacial score (nSPS) is 15.9. The number of esters is 1. The molecule has 2 N–H and O–H groups in total. The zero-order valence-electron chi connectivity index (χ0n) is 28.2. The molecule has 0 bridgehead atoms. The number of hydrogen-bond donors (Lipinski definition) is 2. The number of rotatable bonds is 14. The molecule has 13 nitrogen and oxygen atoms in total. The first kappa shape index (κ1) is 36.8. The minimum absolute atomic E-state index is 0.0228. The Hall–Kier alpha value is -4.04. The summed E-state index contributed by atoms with van der Waals surface area (Å²) in [6.45, 7) is 7.98. The van der Waals surface area contributed by atoms with E-state index in [1.54, 1.807) is 30.0 Å². The number of anilines is 1. The Morgan fingerprint density at radius 2 is 1.77 bits per heavy atom. The maximum atomic E-state index is 13.0. The molecule has 0 radical (unpaired) electrons. The predicted molar refractivity (Wildman–Crippen MR) is 179 cm³/mol. The van der Waals surface area contributed by atoms with Crippen molar-refractivity contribution in [3.8, 4) is 0 Å². The van der Waals surface area contributed by atoms with E-state index in [1.165, 1.54) is 16.4 Å². The van der Waals surface area contributed by atoms with Crippen molar-refractivity contribution in [3.63, 3.8) is 0 Å². The summed E-state index contributed by atoms with van der Waals surface area (Å²) < 4.78 is 37.4. The molecule has 3 heterocycles. The third-order valence-electron chi connectivity index (χ3n) is 8.01. The highest BCUT2D eigenvalue weighted by molar-refractivity contribution is 7.89. The van der Waals surface area contributed by atoms with Crippen LogP contribution in [0.3, 0.4) is 0 Å². The number of nitrogens with one attached hydrogen (secondary N) is 2. The van der Waals surface area contributed by atoms with Gasteiger partial charge in [0.1, 0.15) is 11.4 Å². The molecule has 1 atom stereocenters. The first-order chi connectivity index (χ1) is 22.8. The number of fused-ring (bicyclic) bond motifs is 1. The first-order valence-corrected chi connectivity index (χ1v) is 18.0. The molecule has 2 aromatic rings. The molecule has 48 heavy (non-hydrogen) atoms. The van der Waals surface area contributed by atoms with Gasteiger partial charge in [0.15, 0.2) is 0 Å². The van der Waals surface area contributed by atoms with Gasteiger partial charge in [0, 0.05) is 38.3 Å². The van der Waals surface area contributed by atoms with Crippen LogP contribution in [0.4, 0.5) is 10.6 Å². The van der Waals surface area contributed by atoms with Crippen LogP contribution in [0.25, 0.3) is 0 Å². The maximum absolute atomic E-state index is 13.0. The zero-order chi connectivity index (χ0) is 34.9. The fraction of sp³-hybridized carbons (Fsp3) is 0.559. The molecule has 1 aromatic carbocycles. The molecule has 2 aliphatic heterocycles. The van der Waals surface area contributed by atoms with E-state index in [2.05, 4.69) is 10.6 Å². The standard InChI is InChI=1S/C34H47N5O8S/c1-5-46-30(41)20-27(37-32(42)25-22-38(23-25)48(44,45)28-14-7-6-8-15-28)21-35-29(40)16-10-9-13-26-18-17-24-12-11-19-39(31(24)36-26)33(43)47-34(2,3)4/h6-8,14-15,17-18,25,27H,5,9-13,16,19-23H2,1-4H3,(H,35,40)(H,37,42). The van der Waals surface area contributed by atoms with Gasteiger partial charge in [0.2, 0.25) is 21.8 Å². The Balaban J connectivity index is 1.23. The zero-order valence-corrected chi connectivity index (χ0v) is 29.0. The monoisotopic (exact) mass is 685 g/mol. The third-order valence-corrected chi connectivity index (χ3v) is 9.85. The molecule has 1 aromatic heterocycles. The van der Waals surface area contributed by atoms with Crippen molar-refractivity contribution in [3.05, 3.63) is 53.7 Å². The van der Waals surface area contributed by atoms with Crippen molar-refractivity contribution in [2.24, 2.45) is 5.92 Å². The summed E-state index contributed by atoms with van der Waals surface area (Å²) in [7, 11) is -3.69. The van der Waals surface area contributed by atoms with Crippen molar-refractivity contribution in [1.29, 1.82) is 0 Å². The lowest BCUT2D eigenvalue weighted by atomic mass is 10.0. The van der Waals surface area contributed by atoms with Crippen LogP contribution in [-0.2, 0) is 46.7 Å². The van der Waals surface area contributed by atoms with Crippen LogP contribution in [0.2, 0.25) is 0 Å². The minimum atomic E-state index is -3.69. The van der Waals surface area contributed by atoms with Gasteiger partial charge in [-0.1, -0.05) is 24.3 Å². The van der Waals surface area contributed by atoms with Crippen molar-refractivity contribution in [1.82, 2.24) is 19.9 Å². The summed E-state index contributed by atoms with van der Waals surface area (Å²) in [6.07, 6.45) is 3.28. The number of ether oxygens (including phenoxy) is 2. The van der Waals surface area contributed by atoms with E-state index in [0.717, 1.165) is 24.1 Å². The number of aromatic nitrogens is 1. The molecule has 0 spiro atoms. The average Bonchev–Trinajstić information content (AvgIpc) is 3.00. The number of carbonyl (C=O) groups is 4. The first-order valence-electron chi connectivity index (χ1n) is 16.5. The Bertz CT molecular complexity index is 1550. The van der Waals surface area contributed by atoms with E-state index in [1.807, 2.05) is 32.9 Å². The van der Waals surface area contributed by atoms with Gasteiger partial charge in [-0.25, -0.2) is 18.2 Å². The summed E-state index contributed by atoms with van der Waals surface area (Å²) in [6, 6.07) is 11.3. The van der Waals surface area contributed by atoms with Gasteiger partial charge < -0.3 is 20.1 Å². The second kappa shape index (κ2) is 16.4. The van der Waals surface area contributed by atoms with Gasteiger partial charge in [-0.3, -0.25) is 19.3 Å². The van der Waals surface area contributed by atoms with Crippen molar-refractivity contribution in [2.75, 3.05) is 37.7 Å². The molecule has 3 amide bonds. The highest BCUT2D eigenvalue weighted by atomic mass is 32.2. The lowest BCUT2D eigenvalue weighted by molar-refractivity contribution is -0.144. The fourth-order valence-electron chi connectivity index (χ4n) is 5.49. The Kier molecular flexibility index (Phi) is 12.6. The second-order valence-corrected chi connectivity index (χ2v) is 15.0. The van der Waals surface area contributed by atoms with E-state index in [9.17, 15) is 27.6 Å². The summed E-state index contributed by atoms with van der Waals surface area (Å²) in [5.74, 6) is -1.07. The van der Waals surface area contributed by atoms with Gasteiger partial charge in [-0.05, 0) is 83.6 Å². The SMILES string of the molecule is CCOC(=O)CC(CNC(=O)CCCCc1ccc2c(n1)N(C(=O)OC(C)(C)C)CCC2)NC(=O)C1CN(S(=O)(=O)c2ccccc2)C1. The Morgan fingerprint density at radius 1 is 1.04 bits per heavy atom. The molecule has 14 heteroatoms. The number of pyridine rings is 1. The van der Waals surface area contributed by atoms with E-state index >= 15 is 0 Å². The van der Waals surface area contributed by atoms with Gasteiger partial charge in [0.05, 0.1) is 29.9 Å². The van der Waals surface area contributed by atoms with Crippen LogP contribution >= 0.6 is 0 Å². The molecular formula is C34H47N5O8S. The van der Waals surface area contributed by atoms with Crippen molar-refractivity contribution in [2.45, 2.75) is 89.2 Å². The Labute approximate surface area is 282 Å². The van der Waals surface area contributed by atoms with Crippen LogP contribution in [0.1, 0.15) is 71.1 Å². The second-order valence-electron chi connectivity index (χ2n) is 13.1. The van der Waals surface area contributed by atoms with Crippen molar-refractivity contribution >= 4 is 39.7 Å². The molecule has 0 saturated carbocycles. The van der Waals surface area contributed by atoms with Gasteiger partial charge in [0.25, 0.3) is 0 Å². The summed E-state index contributed by atoms with van der Waals surface area (Å²) >= 11 is 0. The number of carbonyl (C=O) groups excluding carboxylic acids is 4. The van der Waals surface area contributed by atoms with Crippen molar-refractivity contribution < 1.29 is 37.1 Å². The molecular weight excluding hydrogens is 638 g/mol. The Morgan fingerprint density at radius 3 is 2.46 bits per heavy atom. The van der Waals surface area contributed by atoms with Crippen LogP contribution in [0, 0.1) is 5.92 Å². The third kappa shape index (κ3) is 10.2. The van der Waals surface area contributed by atoms with E-state index < -0.39 is 39.6 Å². The highest BCUT2D eigenvalue weighted by Crippen LogP contribution is 2.28. The predicted octanol–water partition coefficient (Wildman–Crippen LogP) is 3.36. The number of unbranched alkanes of at least 4 members (excludes halogenated alkanes) is 1. The van der Waals surface area contributed by atoms with Gasteiger partial charge >= 0.3 is 12.1 Å². The molecule has 1 fully saturated rings. The lowest BCUT2D eigenvalue weighted by Crippen LogP contribution is -2.57. The largest absolute Gasteiger partial charge is 0.466 e. The molecule has 4 rings (SSSR count). The summed E-state index contributed by atoms with van der Waals surface area (Å²) in [5, 5.41) is 5.59. The average molecular weight is 686 g/mol. The van der Waals surface area contributed by atoms with E-state index in [0.29, 0.717) is 31.6 Å². The lowest BCUT2D eigenvalue weighted by Gasteiger charge is -2.37. The van der Waals surface area contributed by atoms with Gasteiger partial charge in [-0.15, -0.1) is 0 Å². The molecule has 1 saturated heterocycles. The summed E-state index contributed by atoms with van der Waals surface area (Å²) in [4.78, 5) is 57.1. The number of amides is 3. The molecule has 0 aliphatic carbocycles. The molecule has 262 valence electrons. The minimum Gasteiger partial charge on any atom is -0.466 e. The number of hydrogen-bond acceptors (Lipinski definition) is 9. The van der Waals surface area contributed by atoms with Crippen LogP contribution in [-0.4, -0.2) is 86.0 Å². The number of sulfonamides is 1. The quantitative estimate of drug-likeness (QED) is 0.224. The number of aryl methyl sites for hydroxylation is 2. The smallest absolute Gasteiger partial charge is 0.416 e. The van der Waals surface area contributed by atoms with Crippen LogP contribution in [0.15, 0.2) is 47.4 Å². The van der Waals surface area contributed by atoms with Crippen LogP contribution < -0.4 is 15.5 Å².